The van der Waals surface area contributed by atoms with Gasteiger partial charge in [-0.1, -0.05) is 25.1 Å². The van der Waals surface area contributed by atoms with Gasteiger partial charge in [-0.15, -0.1) is 0 Å². The van der Waals surface area contributed by atoms with Crippen LogP contribution < -0.4 is 19.9 Å². The molecule has 0 radical (unpaired) electrons. The van der Waals surface area contributed by atoms with Crippen LogP contribution in [0.2, 0.25) is 0 Å². The molecule has 0 spiro atoms. The standard InChI is InChI=1S/C20H27NO3/c1-4-10-24-20-12-15(8-9-19(20)23-3)11-17(14-21)16-6-5-7-18(13-16)22-2/h5-9,12-13,17H,4,10-11,14,21H2,1-3H3. The van der Waals surface area contributed by atoms with E-state index in [-0.39, 0.29) is 5.92 Å². The molecule has 4 nitrogen and oxygen atoms in total. The molecular formula is C20H27NO3. The van der Waals surface area contributed by atoms with Crippen molar-refractivity contribution in [3.63, 3.8) is 0 Å². The van der Waals surface area contributed by atoms with Gasteiger partial charge in [-0.3, -0.25) is 0 Å². The Morgan fingerprint density at radius 1 is 1.00 bits per heavy atom. The summed E-state index contributed by atoms with van der Waals surface area (Å²) in [6.07, 6.45) is 1.80. The van der Waals surface area contributed by atoms with Crippen LogP contribution in [0.15, 0.2) is 42.5 Å². The van der Waals surface area contributed by atoms with Crippen LogP contribution in [0.4, 0.5) is 0 Å². The minimum absolute atomic E-state index is 0.229. The SMILES string of the molecule is CCCOc1cc(CC(CN)c2cccc(OC)c2)ccc1OC. The number of ether oxygens (including phenoxy) is 3. The maximum Gasteiger partial charge on any atom is 0.161 e. The topological polar surface area (TPSA) is 53.7 Å². The molecule has 0 aliphatic heterocycles. The van der Waals surface area contributed by atoms with E-state index in [9.17, 15) is 0 Å². The van der Waals surface area contributed by atoms with Crippen LogP contribution in [-0.4, -0.2) is 27.4 Å². The minimum atomic E-state index is 0.229. The normalized spacial score (nSPS) is 11.8. The second-order valence-electron chi connectivity index (χ2n) is 5.75. The average molecular weight is 329 g/mol. The Morgan fingerprint density at radius 2 is 1.83 bits per heavy atom. The van der Waals surface area contributed by atoms with Crippen LogP contribution in [0.1, 0.15) is 30.4 Å². The molecule has 0 saturated carbocycles. The summed E-state index contributed by atoms with van der Waals surface area (Å²) in [5, 5.41) is 0. The Kier molecular flexibility index (Phi) is 6.94. The molecule has 2 N–H and O–H groups in total. The molecular weight excluding hydrogens is 302 g/mol. The molecule has 0 aliphatic rings. The van der Waals surface area contributed by atoms with E-state index in [0.29, 0.717) is 13.2 Å². The van der Waals surface area contributed by atoms with Crippen molar-refractivity contribution < 1.29 is 14.2 Å². The van der Waals surface area contributed by atoms with Crippen LogP contribution in [-0.2, 0) is 6.42 Å². The van der Waals surface area contributed by atoms with E-state index in [1.165, 1.54) is 11.1 Å². The highest BCUT2D eigenvalue weighted by molar-refractivity contribution is 5.43. The zero-order valence-corrected chi connectivity index (χ0v) is 14.7. The van der Waals surface area contributed by atoms with Gasteiger partial charge < -0.3 is 19.9 Å². The molecule has 2 rings (SSSR count). The average Bonchev–Trinajstić information content (AvgIpc) is 2.64. The molecule has 4 heteroatoms. The lowest BCUT2D eigenvalue weighted by Gasteiger charge is -2.18. The lowest BCUT2D eigenvalue weighted by atomic mass is 9.92. The van der Waals surface area contributed by atoms with E-state index in [2.05, 4.69) is 31.2 Å². The number of rotatable bonds is 9. The highest BCUT2D eigenvalue weighted by Crippen LogP contribution is 2.31. The van der Waals surface area contributed by atoms with Gasteiger partial charge in [-0.2, -0.15) is 0 Å². The predicted molar refractivity (Wildman–Crippen MR) is 97.3 cm³/mol. The molecule has 2 aromatic rings. The second kappa shape index (κ2) is 9.18. The summed E-state index contributed by atoms with van der Waals surface area (Å²) in [7, 11) is 3.34. The Balaban J connectivity index is 2.20. The van der Waals surface area contributed by atoms with E-state index in [1.807, 2.05) is 18.2 Å². The van der Waals surface area contributed by atoms with Crippen molar-refractivity contribution in [2.75, 3.05) is 27.4 Å². The second-order valence-corrected chi connectivity index (χ2v) is 5.75. The summed E-state index contributed by atoms with van der Waals surface area (Å²) in [5.41, 5.74) is 8.39. The van der Waals surface area contributed by atoms with Gasteiger partial charge in [0.2, 0.25) is 0 Å². The zero-order chi connectivity index (χ0) is 17.4. The number of nitrogens with two attached hydrogens (primary N) is 1. The zero-order valence-electron chi connectivity index (χ0n) is 14.7. The summed E-state index contributed by atoms with van der Waals surface area (Å²) >= 11 is 0. The fourth-order valence-electron chi connectivity index (χ4n) is 2.69. The van der Waals surface area contributed by atoms with Crippen molar-refractivity contribution in [1.82, 2.24) is 0 Å². The van der Waals surface area contributed by atoms with Gasteiger partial charge in [0.1, 0.15) is 5.75 Å². The predicted octanol–water partition coefficient (Wildman–Crippen LogP) is 3.78. The molecule has 1 unspecified atom stereocenters. The van der Waals surface area contributed by atoms with Crippen molar-refractivity contribution in [1.29, 1.82) is 0 Å². The smallest absolute Gasteiger partial charge is 0.161 e. The van der Waals surface area contributed by atoms with Gasteiger partial charge in [0.15, 0.2) is 11.5 Å². The highest BCUT2D eigenvalue weighted by Gasteiger charge is 2.14. The van der Waals surface area contributed by atoms with E-state index < -0.39 is 0 Å². The number of benzene rings is 2. The fourth-order valence-corrected chi connectivity index (χ4v) is 2.69. The fraction of sp³-hybridized carbons (Fsp3) is 0.400. The third kappa shape index (κ3) is 4.65. The van der Waals surface area contributed by atoms with Gasteiger partial charge in [-0.25, -0.2) is 0 Å². The van der Waals surface area contributed by atoms with E-state index >= 15 is 0 Å². The Hall–Kier alpha value is -2.20. The van der Waals surface area contributed by atoms with Crippen molar-refractivity contribution in [3.8, 4) is 17.2 Å². The molecule has 2 aromatic carbocycles. The van der Waals surface area contributed by atoms with Crippen LogP contribution in [0.5, 0.6) is 17.2 Å². The first-order valence-electron chi connectivity index (χ1n) is 8.35. The number of hydrogen-bond acceptors (Lipinski definition) is 4. The van der Waals surface area contributed by atoms with Crippen molar-refractivity contribution in [2.45, 2.75) is 25.7 Å². The number of methoxy groups -OCH3 is 2. The summed E-state index contributed by atoms with van der Waals surface area (Å²) in [6.45, 7) is 3.34. The quantitative estimate of drug-likeness (QED) is 0.761. The molecule has 0 amide bonds. The summed E-state index contributed by atoms with van der Waals surface area (Å²) in [5.74, 6) is 2.64. The van der Waals surface area contributed by atoms with E-state index in [4.69, 9.17) is 19.9 Å². The van der Waals surface area contributed by atoms with Crippen molar-refractivity contribution in [3.05, 3.63) is 53.6 Å². The van der Waals surface area contributed by atoms with Crippen molar-refractivity contribution >= 4 is 0 Å². The minimum Gasteiger partial charge on any atom is -0.497 e. The maximum absolute atomic E-state index is 6.02. The highest BCUT2D eigenvalue weighted by atomic mass is 16.5. The van der Waals surface area contributed by atoms with Crippen LogP contribution >= 0.6 is 0 Å². The largest absolute Gasteiger partial charge is 0.497 e. The third-order valence-corrected chi connectivity index (χ3v) is 4.02. The molecule has 0 saturated heterocycles. The Bertz CT molecular complexity index is 643. The first-order chi connectivity index (χ1) is 11.7. The summed E-state index contributed by atoms with van der Waals surface area (Å²) < 4.78 is 16.5. The lowest BCUT2D eigenvalue weighted by Crippen LogP contribution is -2.15. The Morgan fingerprint density at radius 3 is 2.50 bits per heavy atom. The van der Waals surface area contributed by atoms with Gasteiger partial charge in [0.25, 0.3) is 0 Å². The summed E-state index contributed by atoms with van der Waals surface area (Å²) in [4.78, 5) is 0. The first kappa shape index (κ1) is 18.1. The van der Waals surface area contributed by atoms with E-state index in [0.717, 1.165) is 30.1 Å². The molecule has 0 bridgehead atoms. The molecule has 24 heavy (non-hydrogen) atoms. The first-order valence-corrected chi connectivity index (χ1v) is 8.35. The lowest BCUT2D eigenvalue weighted by molar-refractivity contribution is 0.294. The van der Waals surface area contributed by atoms with Gasteiger partial charge in [-0.05, 0) is 54.8 Å². The Labute approximate surface area is 144 Å². The molecule has 0 aliphatic carbocycles. The molecule has 0 fully saturated rings. The van der Waals surface area contributed by atoms with Gasteiger partial charge in [0.05, 0.1) is 20.8 Å². The monoisotopic (exact) mass is 329 g/mol. The summed E-state index contributed by atoms with van der Waals surface area (Å²) in [6, 6.07) is 14.2. The maximum atomic E-state index is 6.02. The van der Waals surface area contributed by atoms with Crippen LogP contribution in [0.25, 0.3) is 0 Å². The van der Waals surface area contributed by atoms with Crippen LogP contribution in [0.3, 0.4) is 0 Å². The molecule has 0 heterocycles. The van der Waals surface area contributed by atoms with Gasteiger partial charge in [0, 0.05) is 5.92 Å². The van der Waals surface area contributed by atoms with Crippen molar-refractivity contribution in [2.24, 2.45) is 5.73 Å². The molecule has 0 aromatic heterocycles. The molecule has 130 valence electrons. The molecule has 1 atom stereocenters. The van der Waals surface area contributed by atoms with E-state index in [1.54, 1.807) is 14.2 Å². The number of hydrogen-bond donors (Lipinski definition) is 1. The van der Waals surface area contributed by atoms with Crippen LogP contribution in [0, 0.1) is 0 Å². The third-order valence-electron chi connectivity index (χ3n) is 4.02. The van der Waals surface area contributed by atoms with Gasteiger partial charge >= 0.3 is 0 Å².